The molecule has 0 amide bonds. The molecule has 0 N–H and O–H groups in total. The molecule has 1 aliphatic rings. The number of hydrogen-bond acceptors (Lipinski definition) is 0. The van der Waals surface area contributed by atoms with Crippen molar-refractivity contribution in [3.05, 3.63) is 126 Å². The Morgan fingerprint density at radius 2 is 0.931 bits per heavy atom. The predicted molar refractivity (Wildman–Crippen MR) is 126 cm³/mol. The Labute approximate surface area is 175 Å². The van der Waals surface area contributed by atoms with Gasteiger partial charge >= 0.3 is 0 Å². The average molecular weight is 392 g/mol. The third kappa shape index (κ3) is 3.66. The van der Waals surface area contributed by atoms with E-state index in [0.717, 1.165) is 0 Å². The van der Waals surface area contributed by atoms with Gasteiger partial charge in [-0.15, -0.1) is 0 Å². The van der Waals surface area contributed by atoms with Gasteiger partial charge in [0.1, 0.15) is 0 Å². The summed E-state index contributed by atoms with van der Waals surface area (Å²) in [6.07, 6.45) is 2.52. The van der Waals surface area contributed by atoms with Crippen molar-refractivity contribution >= 4 is 13.2 Å². The molecule has 0 spiro atoms. The summed E-state index contributed by atoms with van der Waals surface area (Å²) in [7, 11) is -0.364. The lowest BCUT2D eigenvalue weighted by Gasteiger charge is -2.29. The zero-order valence-corrected chi connectivity index (χ0v) is 17.4. The maximum absolute atomic E-state index is 2.39. The molecule has 0 saturated carbocycles. The van der Waals surface area contributed by atoms with Gasteiger partial charge in [0.2, 0.25) is 0 Å². The molecule has 0 nitrogen and oxygen atoms in total. The normalized spacial score (nSPS) is 19.3. The molecule has 1 aliphatic heterocycles. The summed E-state index contributed by atoms with van der Waals surface area (Å²) in [5, 5.41) is 1.55. The Bertz CT molecular complexity index is 1010. The van der Waals surface area contributed by atoms with E-state index in [0.29, 0.717) is 11.3 Å². The molecule has 4 aromatic carbocycles. The number of rotatable bonds is 4. The van der Waals surface area contributed by atoms with Gasteiger partial charge in [0.25, 0.3) is 0 Å². The summed E-state index contributed by atoms with van der Waals surface area (Å²) in [6, 6.07) is 42.4. The molecular formula is C28H25P. The van der Waals surface area contributed by atoms with Crippen LogP contribution in [-0.2, 0) is 0 Å². The molecule has 0 aromatic heterocycles. The largest absolute Gasteiger partial charge is 0.0622 e. The average Bonchev–Trinajstić information content (AvgIpc) is 3.26. The van der Waals surface area contributed by atoms with Gasteiger partial charge in [0, 0.05) is 11.3 Å². The highest BCUT2D eigenvalue weighted by molar-refractivity contribution is 7.67. The second kappa shape index (κ2) is 8.36. The van der Waals surface area contributed by atoms with Crippen LogP contribution in [0.25, 0.3) is 11.1 Å². The monoisotopic (exact) mass is 392 g/mol. The number of benzene rings is 4. The third-order valence-electron chi connectivity index (χ3n) is 6.02. The van der Waals surface area contributed by atoms with Crippen molar-refractivity contribution in [2.24, 2.45) is 0 Å². The van der Waals surface area contributed by atoms with E-state index in [1.54, 1.807) is 5.30 Å². The third-order valence-corrected chi connectivity index (χ3v) is 9.42. The Morgan fingerprint density at radius 3 is 1.48 bits per heavy atom. The lowest BCUT2D eigenvalue weighted by molar-refractivity contribution is 0.765. The van der Waals surface area contributed by atoms with E-state index in [1.165, 1.54) is 35.1 Å². The van der Waals surface area contributed by atoms with Crippen LogP contribution in [0.1, 0.15) is 35.3 Å². The van der Waals surface area contributed by atoms with Crippen LogP contribution in [0, 0.1) is 0 Å². The van der Waals surface area contributed by atoms with Gasteiger partial charge in [-0.25, -0.2) is 0 Å². The lowest BCUT2D eigenvalue weighted by Crippen LogP contribution is -2.10. The Hall–Kier alpha value is -2.69. The van der Waals surface area contributed by atoms with Crippen molar-refractivity contribution in [2.45, 2.75) is 24.2 Å². The Kier molecular flexibility index (Phi) is 5.29. The summed E-state index contributed by atoms with van der Waals surface area (Å²) < 4.78 is 0. The van der Waals surface area contributed by atoms with Gasteiger partial charge in [0.05, 0.1) is 0 Å². The van der Waals surface area contributed by atoms with Crippen LogP contribution in [-0.4, -0.2) is 0 Å². The summed E-state index contributed by atoms with van der Waals surface area (Å²) in [6.45, 7) is 0. The highest BCUT2D eigenvalue weighted by atomic mass is 31.1. The van der Waals surface area contributed by atoms with Crippen molar-refractivity contribution in [2.75, 3.05) is 0 Å². The molecule has 1 saturated heterocycles. The second-order valence-corrected chi connectivity index (χ2v) is 10.3. The van der Waals surface area contributed by atoms with Gasteiger partial charge in [-0.1, -0.05) is 123 Å². The zero-order valence-electron chi connectivity index (χ0n) is 16.5. The highest BCUT2D eigenvalue weighted by Gasteiger charge is 2.39. The van der Waals surface area contributed by atoms with Crippen molar-refractivity contribution in [3.8, 4) is 11.1 Å². The molecule has 142 valence electrons. The summed E-state index contributed by atoms with van der Waals surface area (Å²) in [5.74, 6) is 0. The molecule has 0 bridgehead atoms. The minimum atomic E-state index is -0.364. The zero-order chi connectivity index (χ0) is 19.5. The topological polar surface area (TPSA) is 0 Å². The predicted octanol–water partition coefficient (Wildman–Crippen LogP) is 7.74. The highest BCUT2D eigenvalue weighted by Crippen LogP contribution is 2.70. The van der Waals surface area contributed by atoms with Crippen LogP contribution >= 0.6 is 7.92 Å². The summed E-state index contributed by atoms with van der Waals surface area (Å²) >= 11 is 0. The Morgan fingerprint density at radius 1 is 0.483 bits per heavy atom. The molecule has 0 aliphatic carbocycles. The van der Waals surface area contributed by atoms with Gasteiger partial charge < -0.3 is 0 Å². The van der Waals surface area contributed by atoms with Gasteiger partial charge in [-0.05, 0) is 40.4 Å². The van der Waals surface area contributed by atoms with Crippen molar-refractivity contribution < 1.29 is 0 Å². The molecule has 2 atom stereocenters. The summed E-state index contributed by atoms with van der Waals surface area (Å²) in [4.78, 5) is 0. The second-order valence-electron chi connectivity index (χ2n) is 7.72. The quantitative estimate of drug-likeness (QED) is 0.312. The number of hydrogen-bond donors (Lipinski definition) is 0. The van der Waals surface area contributed by atoms with Crippen molar-refractivity contribution in [1.29, 1.82) is 0 Å². The SMILES string of the molecule is c1ccc(-c2ccccc2P2[C@H](c3ccccc3)CC[C@H]2c2ccccc2)cc1. The Balaban J connectivity index is 1.66. The van der Waals surface area contributed by atoms with E-state index in [9.17, 15) is 0 Å². The lowest BCUT2D eigenvalue weighted by atomic mass is 10.0. The maximum atomic E-state index is 2.39. The molecule has 5 rings (SSSR count). The first-order valence-electron chi connectivity index (χ1n) is 10.4. The van der Waals surface area contributed by atoms with Crippen molar-refractivity contribution in [3.63, 3.8) is 0 Å². The van der Waals surface area contributed by atoms with Crippen LogP contribution in [0.3, 0.4) is 0 Å². The van der Waals surface area contributed by atoms with Crippen LogP contribution in [0.4, 0.5) is 0 Å². The summed E-state index contributed by atoms with van der Waals surface area (Å²) in [5.41, 5.74) is 6.96. The van der Waals surface area contributed by atoms with E-state index in [-0.39, 0.29) is 7.92 Å². The standard InChI is InChI=1S/C28H25P/c1-4-12-22(13-5-1)25-18-10-11-19-28(25)29-26(23-14-6-2-7-15-23)20-21-27(29)24-16-8-3-9-17-24/h1-19,26-27H,20-21H2/t26-,27-/m0/s1. The van der Waals surface area contributed by atoms with E-state index in [4.69, 9.17) is 0 Å². The fourth-order valence-electron chi connectivity index (χ4n) is 4.71. The fraction of sp³-hybridized carbons (Fsp3) is 0.143. The molecule has 0 radical (unpaired) electrons. The van der Waals surface area contributed by atoms with Crippen LogP contribution in [0.15, 0.2) is 115 Å². The minimum Gasteiger partial charge on any atom is -0.0622 e. The van der Waals surface area contributed by atoms with Crippen LogP contribution in [0.2, 0.25) is 0 Å². The van der Waals surface area contributed by atoms with Gasteiger partial charge in [-0.3, -0.25) is 0 Å². The molecule has 29 heavy (non-hydrogen) atoms. The van der Waals surface area contributed by atoms with Crippen molar-refractivity contribution in [1.82, 2.24) is 0 Å². The first-order valence-corrected chi connectivity index (χ1v) is 11.9. The molecule has 0 unspecified atom stereocenters. The maximum Gasteiger partial charge on any atom is 0.00880 e. The van der Waals surface area contributed by atoms with Gasteiger partial charge in [0.15, 0.2) is 0 Å². The first-order chi connectivity index (χ1) is 14.4. The molecule has 1 fully saturated rings. The van der Waals surface area contributed by atoms with Crippen LogP contribution < -0.4 is 5.30 Å². The van der Waals surface area contributed by atoms with Gasteiger partial charge in [-0.2, -0.15) is 0 Å². The first kappa shape index (κ1) is 18.3. The molecule has 4 aromatic rings. The fourth-order valence-corrected chi connectivity index (χ4v) is 8.40. The minimum absolute atomic E-state index is 0.364. The molecule has 1 heterocycles. The van der Waals surface area contributed by atoms with E-state index >= 15 is 0 Å². The van der Waals surface area contributed by atoms with E-state index in [1.807, 2.05) is 0 Å². The molecule has 1 heteroatoms. The van der Waals surface area contributed by atoms with Crippen LogP contribution in [0.5, 0.6) is 0 Å². The van der Waals surface area contributed by atoms with E-state index in [2.05, 4.69) is 115 Å². The van der Waals surface area contributed by atoms with E-state index < -0.39 is 0 Å². The smallest absolute Gasteiger partial charge is 0.00880 e. The molecular weight excluding hydrogens is 367 g/mol.